The Morgan fingerprint density at radius 3 is 1.97 bits per heavy atom. The van der Waals surface area contributed by atoms with Crippen LogP contribution >= 0.6 is 15.9 Å². The van der Waals surface area contributed by atoms with Crippen LogP contribution in [0.25, 0.3) is 5.57 Å². The summed E-state index contributed by atoms with van der Waals surface area (Å²) in [6, 6.07) is 11.5. The van der Waals surface area contributed by atoms with Crippen molar-refractivity contribution in [2.24, 2.45) is 5.92 Å². The van der Waals surface area contributed by atoms with Gasteiger partial charge in [-0.15, -0.1) is 0 Å². The van der Waals surface area contributed by atoms with Gasteiger partial charge in [-0.1, -0.05) is 93.5 Å². The highest BCUT2D eigenvalue weighted by Crippen LogP contribution is 2.45. The van der Waals surface area contributed by atoms with Gasteiger partial charge in [-0.2, -0.15) is 0 Å². The minimum absolute atomic E-state index is 0.103. The number of hydrogen-bond donors (Lipinski definition) is 0. The van der Waals surface area contributed by atoms with Crippen molar-refractivity contribution in [1.82, 2.24) is 0 Å². The second kappa shape index (κ2) is 8.67. The fourth-order valence-corrected chi connectivity index (χ4v) is 4.85. The highest BCUT2D eigenvalue weighted by Gasteiger charge is 2.30. The van der Waals surface area contributed by atoms with Gasteiger partial charge in [0.2, 0.25) is 0 Å². The molecule has 0 bridgehead atoms. The van der Waals surface area contributed by atoms with E-state index < -0.39 is 0 Å². The van der Waals surface area contributed by atoms with Gasteiger partial charge in [0.15, 0.2) is 0 Å². The molecule has 0 atom stereocenters. The van der Waals surface area contributed by atoms with E-state index in [0.29, 0.717) is 12.5 Å². The first-order chi connectivity index (χ1) is 14.6. The quantitative estimate of drug-likeness (QED) is 0.409. The van der Waals surface area contributed by atoms with Gasteiger partial charge in [-0.05, 0) is 90.0 Å². The molecule has 2 aromatic carbocycles. The average molecular weight is 498 g/mol. The molecule has 1 aliphatic carbocycles. The van der Waals surface area contributed by atoms with Gasteiger partial charge in [0, 0.05) is 0 Å². The van der Waals surface area contributed by atoms with E-state index in [4.69, 9.17) is 4.74 Å². The van der Waals surface area contributed by atoms with Crippen molar-refractivity contribution < 1.29 is 4.74 Å². The number of halogens is 1. The molecule has 0 heterocycles. The maximum atomic E-state index is 6.45. The van der Waals surface area contributed by atoms with Gasteiger partial charge >= 0.3 is 0 Å². The molecule has 0 N–H and O–H groups in total. The monoisotopic (exact) mass is 496 g/mol. The summed E-state index contributed by atoms with van der Waals surface area (Å²) in [5.74, 6) is 1.44. The molecular formula is C30H41BrO. The van der Waals surface area contributed by atoms with E-state index in [1.54, 1.807) is 0 Å². The Morgan fingerprint density at radius 2 is 1.47 bits per heavy atom. The van der Waals surface area contributed by atoms with Crippen LogP contribution < -0.4 is 4.74 Å². The Bertz CT molecular complexity index is 994. The fourth-order valence-electron chi connectivity index (χ4n) is 4.40. The van der Waals surface area contributed by atoms with Crippen molar-refractivity contribution >= 4 is 21.5 Å². The molecule has 0 amide bonds. The van der Waals surface area contributed by atoms with E-state index >= 15 is 0 Å². The summed E-state index contributed by atoms with van der Waals surface area (Å²) in [4.78, 5) is 0. The van der Waals surface area contributed by atoms with Crippen molar-refractivity contribution in [3.8, 4) is 5.75 Å². The third kappa shape index (κ3) is 5.33. The molecular weight excluding hydrogens is 456 g/mol. The summed E-state index contributed by atoms with van der Waals surface area (Å²) in [5, 5.41) is 0. The van der Waals surface area contributed by atoms with Crippen LogP contribution in [-0.4, -0.2) is 0 Å². The highest BCUT2D eigenvalue weighted by molar-refractivity contribution is 9.10. The van der Waals surface area contributed by atoms with Crippen LogP contribution in [0.15, 0.2) is 40.9 Å². The maximum absolute atomic E-state index is 6.45. The van der Waals surface area contributed by atoms with Gasteiger partial charge in [-0.3, -0.25) is 0 Å². The molecule has 2 heteroatoms. The number of allylic oxidation sites excluding steroid dienone is 2. The number of rotatable bonds is 4. The zero-order valence-corrected chi connectivity index (χ0v) is 23.3. The Balaban J connectivity index is 1.97. The van der Waals surface area contributed by atoms with Gasteiger partial charge in [0.25, 0.3) is 0 Å². The summed E-state index contributed by atoms with van der Waals surface area (Å²) in [6.07, 6.45) is 3.49. The predicted molar refractivity (Wildman–Crippen MR) is 143 cm³/mol. The van der Waals surface area contributed by atoms with Gasteiger partial charge in [0.05, 0.1) is 4.47 Å². The van der Waals surface area contributed by atoms with E-state index in [0.717, 1.165) is 16.6 Å². The topological polar surface area (TPSA) is 9.23 Å². The van der Waals surface area contributed by atoms with Gasteiger partial charge in [-0.25, -0.2) is 0 Å². The first-order valence-corrected chi connectivity index (χ1v) is 12.7. The van der Waals surface area contributed by atoms with Crippen LogP contribution in [-0.2, 0) is 22.9 Å². The molecule has 0 saturated heterocycles. The molecule has 0 spiro atoms. The van der Waals surface area contributed by atoms with Crippen LogP contribution in [0.3, 0.4) is 0 Å². The zero-order valence-electron chi connectivity index (χ0n) is 21.7. The zero-order chi connectivity index (χ0) is 24.1. The third-order valence-electron chi connectivity index (χ3n) is 6.69. The Hall–Kier alpha value is -1.54. The summed E-state index contributed by atoms with van der Waals surface area (Å²) in [7, 11) is 0. The summed E-state index contributed by atoms with van der Waals surface area (Å²) >= 11 is 3.80. The molecule has 0 unspecified atom stereocenters. The second-order valence-electron chi connectivity index (χ2n) is 12.4. The van der Waals surface area contributed by atoms with Crippen molar-refractivity contribution in [1.29, 1.82) is 0 Å². The summed E-state index contributed by atoms with van der Waals surface area (Å²) < 4.78 is 7.48. The lowest BCUT2D eigenvalue weighted by Crippen LogP contribution is -2.23. The maximum Gasteiger partial charge on any atom is 0.134 e. The predicted octanol–water partition coefficient (Wildman–Crippen LogP) is 9.34. The SMILES string of the molecule is CC(C)C1=CCC(C)(C)c2cc(OCc3cc(C(C)(C)C)cc(C(C)(C)C)c3)c(Br)cc21. The van der Waals surface area contributed by atoms with E-state index in [2.05, 4.69) is 122 Å². The van der Waals surface area contributed by atoms with E-state index in [9.17, 15) is 0 Å². The average Bonchev–Trinajstić information content (AvgIpc) is 2.64. The lowest BCUT2D eigenvalue weighted by Gasteiger charge is -2.34. The summed E-state index contributed by atoms with van der Waals surface area (Å²) in [6.45, 7) is 23.5. The molecule has 0 radical (unpaired) electrons. The lowest BCUT2D eigenvalue weighted by molar-refractivity contribution is 0.302. The van der Waals surface area contributed by atoms with E-state index in [-0.39, 0.29) is 16.2 Å². The molecule has 174 valence electrons. The van der Waals surface area contributed by atoms with E-state index in [1.165, 1.54) is 33.4 Å². The molecule has 2 aromatic rings. The molecule has 3 rings (SSSR count). The largest absolute Gasteiger partial charge is 0.488 e. The first-order valence-electron chi connectivity index (χ1n) is 11.9. The Kier molecular flexibility index (Phi) is 6.80. The number of ether oxygens (including phenoxy) is 1. The van der Waals surface area contributed by atoms with Gasteiger partial charge < -0.3 is 4.74 Å². The van der Waals surface area contributed by atoms with Crippen LogP contribution in [0, 0.1) is 5.92 Å². The first kappa shape index (κ1) is 25.1. The Morgan fingerprint density at radius 1 is 0.906 bits per heavy atom. The van der Waals surface area contributed by atoms with Crippen molar-refractivity contribution in [2.45, 2.75) is 98.5 Å². The third-order valence-corrected chi connectivity index (χ3v) is 7.31. The Labute approximate surface area is 204 Å². The minimum atomic E-state index is 0.103. The van der Waals surface area contributed by atoms with E-state index in [1.807, 2.05) is 0 Å². The van der Waals surface area contributed by atoms with Crippen molar-refractivity contribution in [3.63, 3.8) is 0 Å². The normalized spacial score (nSPS) is 16.1. The van der Waals surface area contributed by atoms with Crippen molar-refractivity contribution in [2.75, 3.05) is 0 Å². The van der Waals surface area contributed by atoms with Crippen LogP contribution in [0.2, 0.25) is 0 Å². The molecule has 0 aromatic heterocycles. The number of fused-ring (bicyclic) bond motifs is 1. The van der Waals surface area contributed by atoms with Crippen LogP contribution in [0.4, 0.5) is 0 Å². The molecule has 0 saturated carbocycles. The molecule has 1 nitrogen and oxygen atoms in total. The molecule has 32 heavy (non-hydrogen) atoms. The second-order valence-corrected chi connectivity index (χ2v) is 13.3. The molecule has 1 aliphatic rings. The van der Waals surface area contributed by atoms with Crippen molar-refractivity contribution in [3.05, 3.63) is 68.7 Å². The number of benzene rings is 2. The smallest absolute Gasteiger partial charge is 0.134 e. The van der Waals surface area contributed by atoms with Gasteiger partial charge in [0.1, 0.15) is 12.4 Å². The number of hydrogen-bond acceptors (Lipinski definition) is 1. The highest BCUT2D eigenvalue weighted by atomic mass is 79.9. The summed E-state index contributed by atoms with van der Waals surface area (Å²) in [5.41, 5.74) is 8.46. The standard InChI is InChI=1S/C30H41BrO/c1-19(2)23-11-12-30(9,10)25-17-27(26(31)16-24(23)25)32-18-20-13-21(28(3,4)5)15-22(14-20)29(6,7)8/h11,13-17,19H,12,18H2,1-10H3. The molecule has 0 fully saturated rings. The minimum Gasteiger partial charge on any atom is -0.488 e. The van der Waals surface area contributed by atoms with Crippen LogP contribution in [0.1, 0.15) is 103 Å². The lowest BCUT2D eigenvalue weighted by atomic mass is 9.71. The fraction of sp³-hybridized carbons (Fsp3) is 0.533. The molecule has 0 aliphatic heterocycles. The van der Waals surface area contributed by atoms with Crippen LogP contribution in [0.5, 0.6) is 5.75 Å².